The lowest BCUT2D eigenvalue weighted by atomic mass is 10.3. The first-order valence-corrected chi connectivity index (χ1v) is 4.22. The average molecular weight is 218 g/mol. The molecule has 0 aliphatic rings. The first-order chi connectivity index (χ1) is 6.60. The molecule has 6 nitrogen and oxygen atoms in total. The Hall–Kier alpha value is -1.43. The van der Waals surface area contributed by atoms with Crippen LogP contribution in [0, 0.1) is 10.1 Å². The van der Waals surface area contributed by atoms with E-state index in [2.05, 4.69) is 9.97 Å². The summed E-state index contributed by atoms with van der Waals surface area (Å²) in [5.41, 5.74) is 0.0475. The zero-order chi connectivity index (χ0) is 10.7. The Morgan fingerprint density at radius 1 is 1.57 bits per heavy atom. The van der Waals surface area contributed by atoms with E-state index in [-0.39, 0.29) is 22.5 Å². The lowest BCUT2D eigenvalue weighted by Gasteiger charge is -2.03. The van der Waals surface area contributed by atoms with E-state index in [1.54, 1.807) is 6.92 Å². The summed E-state index contributed by atoms with van der Waals surface area (Å²) in [6.07, 6.45) is 0.398. The van der Waals surface area contributed by atoms with Crippen LogP contribution in [0.25, 0.3) is 0 Å². The van der Waals surface area contributed by atoms with Gasteiger partial charge < -0.3 is 4.74 Å². The number of nitrogens with zero attached hydrogens (tertiary/aromatic N) is 3. The summed E-state index contributed by atoms with van der Waals surface area (Å²) in [5, 5.41) is 10.6. The van der Waals surface area contributed by atoms with Crippen LogP contribution >= 0.6 is 11.6 Å². The number of aromatic nitrogens is 2. The second-order valence-corrected chi connectivity index (χ2v) is 2.75. The molecule has 0 aliphatic heterocycles. The summed E-state index contributed by atoms with van der Waals surface area (Å²) in [7, 11) is 1.30. The molecule has 0 spiro atoms. The topological polar surface area (TPSA) is 78.2 Å². The third-order valence-electron chi connectivity index (χ3n) is 1.61. The highest BCUT2D eigenvalue weighted by atomic mass is 35.5. The molecule has 0 aliphatic carbocycles. The SMILES string of the molecule is CCc1nc(Cl)nc(OC)c1[N+](=O)[O-]. The fraction of sp³-hybridized carbons (Fsp3) is 0.429. The van der Waals surface area contributed by atoms with Crippen LogP contribution in [0.2, 0.25) is 5.28 Å². The third kappa shape index (κ3) is 1.90. The number of halogens is 1. The van der Waals surface area contributed by atoms with Gasteiger partial charge in [0, 0.05) is 0 Å². The van der Waals surface area contributed by atoms with Crippen molar-refractivity contribution in [2.45, 2.75) is 13.3 Å². The molecule has 14 heavy (non-hydrogen) atoms. The molecule has 1 rings (SSSR count). The predicted octanol–water partition coefficient (Wildman–Crippen LogP) is 1.61. The molecule has 0 atom stereocenters. The highest BCUT2D eigenvalue weighted by Crippen LogP contribution is 2.28. The summed E-state index contributed by atoms with van der Waals surface area (Å²) < 4.78 is 4.75. The smallest absolute Gasteiger partial charge is 0.352 e. The Kier molecular flexibility index (Phi) is 3.19. The number of hydrogen-bond donors (Lipinski definition) is 0. The maximum Gasteiger partial charge on any atom is 0.352 e. The molecule has 0 fully saturated rings. The number of nitro groups is 1. The van der Waals surface area contributed by atoms with E-state index in [4.69, 9.17) is 16.3 Å². The van der Waals surface area contributed by atoms with Crippen molar-refractivity contribution in [1.82, 2.24) is 9.97 Å². The number of rotatable bonds is 3. The minimum absolute atomic E-state index is 0.0516. The first kappa shape index (κ1) is 10.6. The van der Waals surface area contributed by atoms with Crippen molar-refractivity contribution in [3.63, 3.8) is 0 Å². The summed E-state index contributed by atoms with van der Waals surface area (Å²) in [6.45, 7) is 1.74. The zero-order valence-electron chi connectivity index (χ0n) is 7.65. The van der Waals surface area contributed by atoms with Crippen molar-refractivity contribution in [2.24, 2.45) is 0 Å². The van der Waals surface area contributed by atoms with Crippen molar-refractivity contribution in [2.75, 3.05) is 7.11 Å². The standard InChI is InChI=1S/C7H8ClN3O3/c1-3-4-5(11(12)13)6(14-2)10-7(8)9-4/h3H2,1-2H3. The Morgan fingerprint density at radius 3 is 2.64 bits per heavy atom. The zero-order valence-corrected chi connectivity index (χ0v) is 8.41. The minimum atomic E-state index is -0.575. The molecule has 0 N–H and O–H groups in total. The second-order valence-electron chi connectivity index (χ2n) is 2.41. The highest BCUT2D eigenvalue weighted by molar-refractivity contribution is 6.28. The largest absolute Gasteiger partial charge is 0.476 e. The number of hydrogen-bond acceptors (Lipinski definition) is 5. The van der Waals surface area contributed by atoms with E-state index >= 15 is 0 Å². The molecule has 0 unspecified atom stereocenters. The van der Waals surface area contributed by atoms with Gasteiger partial charge >= 0.3 is 5.69 Å². The van der Waals surface area contributed by atoms with E-state index in [1.807, 2.05) is 0 Å². The normalized spacial score (nSPS) is 9.93. The van der Waals surface area contributed by atoms with E-state index in [0.717, 1.165) is 0 Å². The Labute approximate surface area is 85.0 Å². The molecule has 1 aromatic heterocycles. The third-order valence-corrected chi connectivity index (χ3v) is 1.78. The molecule has 0 bridgehead atoms. The van der Waals surface area contributed by atoms with Gasteiger partial charge in [0.15, 0.2) is 0 Å². The van der Waals surface area contributed by atoms with E-state index < -0.39 is 4.92 Å². The summed E-state index contributed by atoms with van der Waals surface area (Å²) in [6, 6.07) is 0. The van der Waals surface area contributed by atoms with Gasteiger partial charge in [-0.25, -0.2) is 4.98 Å². The maximum absolute atomic E-state index is 10.7. The van der Waals surface area contributed by atoms with Gasteiger partial charge in [-0.2, -0.15) is 4.98 Å². The van der Waals surface area contributed by atoms with Gasteiger partial charge in [-0.05, 0) is 18.0 Å². The van der Waals surface area contributed by atoms with Crippen LogP contribution in [0.1, 0.15) is 12.6 Å². The molecule has 0 saturated carbocycles. The molecule has 1 aromatic rings. The van der Waals surface area contributed by atoms with E-state index in [9.17, 15) is 10.1 Å². The molecule has 7 heteroatoms. The lowest BCUT2D eigenvalue weighted by molar-refractivity contribution is -0.387. The monoisotopic (exact) mass is 217 g/mol. The Morgan fingerprint density at radius 2 is 2.21 bits per heavy atom. The van der Waals surface area contributed by atoms with Gasteiger partial charge in [0.25, 0.3) is 5.88 Å². The summed E-state index contributed by atoms with van der Waals surface area (Å²) >= 11 is 5.56. The highest BCUT2D eigenvalue weighted by Gasteiger charge is 2.23. The first-order valence-electron chi connectivity index (χ1n) is 3.85. The number of methoxy groups -OCH3 is 1. The quantitative estimate of drug-likeness (QED) is 0.437. The molecular weight excluding hydrogens is 210 g/mol. The van der Waals surface area contributed by atoms with Crippen LogP contribution in [0.4, 0.5) is 5.69 Å². The summed E-state index contributed by atoms with van der Waals surface area (Å²) in [5.74, 6) is -0.105. The van der Waals surface area contributed by atoms with Gasteiger partial charge in [-0.1, -0.05) is 6.92 Å². The van der Waals surface area contributed by atoms with Crippen molar-refractivity contribution in [3.8, 4) is 5.88 Å². The van der Waals surface area contributed by atoms with Crippen LogP contribution in [0.5, 0.6) is 5.88 Å². The molecule has 1 heterocycles. The lowest BCUT2D eigenvalue weighted by Crippen LogP contribution is -2.03. The van der Waals surface area contributed by atoms with Gasteiger partial charge in [-0.15, -0.1) is 0 Å². The molecule has 76 valence electrons. The number of ether oxygens (including phenoxy) is 1. The van der Waals surface area contributed by atoms with Crippen LogP contribution in [0.3, 0.4) is 0 Å². The summed E-state index contributed by atoms with van der Waals surface area (Å²) in [4.78, 5) is 17.5. The van der Waals surface area contributed by atoms with Crippen molar-refractivity contribution < 1.29 is 9.66 Å². The molecule has 0 amide bonds. The van der Waals surface area contributed by atoms with E-state index in [0.29, 0.717) is 6.42 Å². The van der Waals surface area contributed by atoms with Crippen LogP contribution in [-0.4, -0.2) is 22.0 Å². The van der Waals surface area contributed by atoms with Crippen LogP contribution in [-0.2, 0) is 6.42 Å². The molecular formula is C7H8ClN3O3. The minimum Gasteiger partial charge on any atom is -0.476 e. The predicted molar refractivity (Wildman–Crippen MR) is 49.6 cm³/mol. The van der Waals surface area contributed by atoms with Crippen molar-refractivity contribution >= 4 is 17.3 Å². The maximum atomic E-state index is 10.7. The van der Waals surface area contributed by atoms with Gasteiger partial charge in [0.1, 0.15) is 5.69 Å². The van der Waals surface area contributed by atoms with Gasteiger partial charge in [-0.3, -0.25) is 10.1 Å². The van der Waals surface area contributed by atoms with Gasteiger partial charge in [0.2, 0.25) is 5.28 Å². The molecule has 0 radical (unpaired) electrons. The van der Waals surface area contributed by atoms with Gasteiger partial charge in [0.05, 0.1) is 12.0 Å². The van der Waals surface area contributed by atoms with Crippen molar-refractivity contribution in [1.29, 1.82) is 0 Å². The fourth-order valence-electron chi connectivity index (χ4n) is 1.02. The fourth-order valence-corrected chi connectivity index (χ4v) is 1.20. The number of aryl methyl sites for hydroxylation is 1. The Bertz CT molecular complexity index is 344. The van der Waals surface area contributed by atoms with Crippen molar-refractivity contribution in [3.05, 3.63) is 21.1 Å². The van der Waals surface area contributed by atoms with Crippen LogP contribution < -0.4 is 4.74 Å². The molecule has 0 aromatic carbocycles. The molecule has 0 saturated heterocycles. The second kappa shape index (κ2) is 4.19. The average Bonchev–Trinajstić information content (AvgIpc) is 2.15. The van der Waals surface area contributed by atoms with E-state index in [1.165, 1.54) is 7.11 Å². The van der Waals surface area contributed by atoms with Crippen LogP contribution in [0.15, 0.2) is 0 Å². The Balaban J connectivity index is 3.40.